The van der Waals surface area contributed by atoms with E-state index in [0.717, 1.165) is 12.0 Å². The molecule has 1 atom stereocenters. The number of aromatic nitrogens is 3. The third kappa shape index (κ3) is 3.79. The number of rotatable bonds is 7. The van der Waals surface area contributed by atoms with Crippen LogP contribution in [0.3, 0.4) is 0 Å². The monoisotopic (exact) mass is 309 g/mol. The molecule has 8 heteroatoms. The van der Waals surface area contributed by atoms with Gasteiger partial charge in [-0.2, -0.15) is 5.10 Å². The standard InChI is InChI=1S/C13H19N5O2S/c1-3-6-14-12-5-4-7-15-13(12)21(19,20)18-10(2)11-8-16-17-9-11/h4-5,7-10,14,18H,3,6H2,1-2H3,(H,16,17). The van der Waals surface area contributed by atoms with Crippen molar-refractivity contribution in [1.82, 2.24) is 19.9 Å². The zero-order chi connectivity index (χ0) is 15.3. The summed E-state index contributed by atoms with van der Waals surface area (Å²) in [5.74, 6) is 0. The van der Waals surface area contributed by atoms with E-state index in [1.54, 1.807) is 31.5 Å². The normalized spacial score (nSPS) is 13.0. The number of pyridine rings is 1. The maximum Gasteiger partial charge on any atom is 0.260 e. The molecule has 2 heterocycles. The summed E-state index contributed by atoms with van der Waals surface area (Å²) in [6, 6.07) is 3.02. The minimum absolute atomic E-state index is 0.00814. The van der Waals surface area contributed by atoms with Crippen molar-refractivity contribution in [3.63, 3.8) is 0 Å². The number of hydrogen-bond donors (Lipinski definition) is 3. The van der Waals surface area contributed by atoms with E-state index in [4.69, 9.17) is 0 Å². The molecule has 0 amide bonds. The Morgan fingerprint density at radius 3 is 2.90 bits per heavy atom. The average molecular weight is 309 g/mol. The Balaban J connectivity index is 2.23. The highest BCUT2D eigenvalue weighted by molar-refractivity contribution is 7.89. The molecule has 0 saturated heterocycles. The highest BCUT2D eigenvalue weighted by Gasteiger charge is 2.23. The molecule has 0 aliphatic carbocycles. The van der Waals surface area contributed by atoms with Crippen molar-refractivity contribution < 1.29 is 8.42 Å². The van der Waals surface area contributed by atoms with Crippen LogP contribution in [-0.4, -0.2) is 30.1 Å². The molecule has 0 saturated carbocycles. The Morgan fingerprint density at radius 2 is 2.24 bits per heavy atom. The first kappa shape index (κ1) is 15.5. The molecule has 2 rings (SSSR count). The molecule has 0 fully saturated rings. The number of sulfonamides is 1. The zero-order valence-corrected chi connectivity index (χ0v) is 12.8. The lowest BCUT2D eigenvalue weighted by Gasteiger charge is -2.15. The minimum Gasteiger partial charge on any atom is -0.383 e. The van der Waals surface area contributed by atoms with Crippen molar-refractivity contribution >= 4 is 15.7 Å². The van der Waals surface area contributed by atoms with Crippen LogP contribution >= 0.6 is 0 Å². The van der Waals surface area contributed by atoms with Gasteiger partial charge in [0, 0.05) is 30.5 Å². The average Bonchev–Trinajstić information content (AvgIpc) is 2.99. The number of anilines is 1. The van der Waals surface area contributed by atoms with Gasteiger partial charge in [0.15, 0.2) is 5.03 Å². The Labute approximate surface area is 124 Å². The second kappa shape index (κ2) is 6.68. The first-order valence-corrected chi connectivity index (χ1v) is 8.23. The first-order valence-electron chi connectivity index (χ1n) is 6.74. The van der Waals surface area contributed by atoms with Gasteiger partial charge in [-0.15, -0.1) is 0 Å². The van der Waals surface area contributed by atoms with E-state index < -0.39 is 16.1 Å². The van der Waals surface area contributed by atoms with Crippen molar-refractivity contribution in [3.05, 3.63) is 36.3 Å². The molecule has 2 aromatic heterocycles. The molecule has 1 unspecified atom stereocenters. The van der Waals surface area contributed by atoms with Gasteiger partial charge < -0.3 is 5.32 Å². The van der Waals surface area contributed by atoms with Crippen LogP contribution in [0.15, 0.2) is 35.7 Å². The van der Waals surface area contributed by atoms with E-state index in [2.05, 4.69) is 25.2 Å². The van der Waals surface area contributed by atoms with Gasteiger partial charge >= 0.3 is 0 Å². The van der Waals surface area contributed by atoms with Gasteiger partial charge in [0.2, 0.25) is 0 Å². The van der Waals surface area contributed by atoms with Gasteiger partial charge in [-0.3, -0.25) is 5.10 Å². The van der Waals surface area contributed by atoms with Gasteiger partial charge in [-0.05, 0) is 25.5 Å². The van der Waals surface area contributed by atoms with Crippen molar-refractivity contribution in [1.29, 1.82) is 0 Å². The van der Waals surface area contributed by atoms with E-state index in [1.807, 2.05) is 6.92 Å². The van der Waals surface area contributed by atoms with E-state index >= 15 is 0 Å². The summed E-state index contributed by atoms with van der Waals surface area (Å²) >= 11 is 0. The molecule has 2 aromatic rings. The Morgan fingerprint density at radius 1 is 1.43 bits per heavy atom. The smallest absolute Gasteiger partial charge is 0.260 e. The van der Waals surface area contributed by atoms with Crippen molar-refractivity contribution in [2.75, 3.05) is 11.9 Å². The zero-order valence-electron chi connectivity index (χ0n) is 12.0. The van der Waals surface area contributed by atoms with E-state index in [1.165, 1.54) is 6.20 Å². The lowest BCUT2D eigenvalue weighted by Crippen LogP contribution is -2.28. The number of nitrogens with zero attached hydrogens (tertiary/aromatic N) is 2. The van der Waals surface area contributed by atoms with E-state index in [0.29, 0.717) is 12.2 Å². The lowest BCUT2D eigenvalue weighted by molar-refractivity contribution is 0.563. The molecule has 0 aliphatic heterocycles. The Bertz CT molecular complexity index is 670. The summed E-state index contributed by atoms with van der Waals surface area (Å²) in [5.41, 5.74) is 1.27. The highest BCUT2D eigenvalue weighted by atomic mass is 32.2. The summed E-state index contributed by atoms with van der Waals surface area (Å²) in [5, 5.41) is 9.56. The SMILES string of the molecule is CCCNc1cccnc1S(=O)(=O)NC(C)c1cn[nH]c1. The van der Waals surface area contributed by atoms with Crippen molar-refractivity contribution in [2.24, 2.45) is 0 Å². The maximum absolute atomic E-state index is 12.5. The van der Waals surface area contributed by atoms with Crippen LogP contribution in [0.2, 0.25) is 0 Å². The molecule has 0 spiro atoms. The fourth-order valence-electron chi connectivity index (χ4n) is 1.85. The molecule has 3 N–H and O–H groups in total. The summed E-state index contributed by atoms with van der Waals surface area (Å²) in [7, 11) is -3.71. The Kier molecular flexibility index (Phi) is 4.92. The van der Waals surface area contributed by atoms with Crippen LogP contribution in [0, 0.1) is 0 Å². The molecule has 0 radical (unpaired) electrons. The topological polar surface area (TPSA) is 99.8 Å². The predicted molar refractivity (Wildman–Crippen MR) is 80.3 cm³/mol. The van der Waals surface area contributed by atoms with Crippen LogP contribution in [0.25, 0.3) is 0 Å². The number of nitrogens with one attached hydrogen (secondary N) is 3. The van der Waals surface area contributed by atoms with Gasteiger partial charge in [-0.25, -0.2) is 18.1 Å². The van der Waals surface area contributed by atoms with Gasteiger partial charge in [0.25, 0.3) is 10.0 Å². The van der Waals surface area contributed by atoms with Gasteiger partial charge in [0.05, 0.1) is 11.9 Å². The molecule has 114 valence electrons. The molecular formula is C13H19N5O2S. The molecule has 0 aromatic carbocycles. The summed E-state index contributed by atoms with van der Waals surface area (Å²) in [4.78, 5) is 4.00. The van der Waals surface area contributed by atoms with E-state index in [9.17, 15) is 8.42 Å². The fraction of sp³-hybridized carbons (Fsp3) is 0.385. The molecule has 21 heavy (non-hydrogen) atoms. The van der Waals surface area contributed by atoms with Crippen LogP contribution in [-0.2, 0) is 10.0 Å². The molecule has 0 aliphatic rings. The number of hydrogen-bond acceptors (Lipinski definition) is 5. The molecule has 0 bridgehead atoms. The molecule has 7 nitrogen and oxygen atoms in total. The van der Waals surface area contributed by atoms with Crippen LogP contribution in [0.4, 0.5) is 5.69 Å². The predicted octanol–water partition coefficient (Wildman–Crippen LogP) is 1.67. The van der Waals surface area contributed by atoms with E-state index in [-0.39, 0.29) is 5.03 Å². The third-order valence-electron chi connectivity index (χ3n) is 2.94. The molecular weight excluding hydrogens is 290 g/mol. The minimum atomic E-state index is -3.71. The first-order chi connectivity index (χ1) is 10.0. The largest absolute Gasteiger partial charge is 0.383 e. The number of aromatic amines is 1. The maximum atomic E-state index is 12.5. The highest BCUT2D eigenvalue weighted by Crippen LogP contribution is 2.20. The van der Waals surface area contributed by atoms with Crippen molar-refractivity contribution in [2.45, 2.75) is 31.3 Å². The third-order valence-corrected chi connectivity index (χ3v) is 4.44. The van der Waals surface area contributed by atoms with Crippen LogP contribution in [0.5, 0.6) is 0 Å². The fourth-order valence-corrected chi connectivity index (χ4v) is 3.20. The summed E-state index contributed by atoms with van der Waals surface area (Å²) < 4.78 is 27.6. The van der Waals surface area contributed by atoms with Crippen molar-refractivity contribution in [3.8, 4) is 0 Å². The summed E-state index contributed by atoms with van der Waals surface area (Å²) in [6.45, 7) is 4.45. The van der Waals surface area contributed by atoms with Gasteiger partial charge in [0.1, 0.15) is 0 Å². The summed E-state index contributed by atoms with van der Waals surface area (Å²) in [6.07, 6.45) is 5.60. The second-order valence-corrected chi connectivity index (χ2v) is 6.29. The second-order valence-electron chi connectivity index (χ2n) is 4.66. The quantitative estimate of drug-likeness (QED) is 0.722. The van der Waals surface area contributed by atoms with Crippen LogP contribution < -0.4 is 10.0 Å². The Hall–Kier alpha value is -1.93. The number of H-pyrrole nitrogens is 1. The lowest BCUT2D eigenvalue weighted by atomic mass is 10.2. The van der Waals surface area contributed by atoms with Gasteiger partial charge in [-0.1, -0.05) is 6.92 Å². The van der Waals surface area contributed by atoms with Crippen LogP contribution in [0.1, 0.15) is 31.9 Å².